The molecule has 0 bridgehead atoms. The van der Waals surface area contributed by atoms with Crippen molar-refractivity contribution in [2.24, 2.45) is 0 Å². The van der Waals surface area contributed by atoms with Crippen molar-refractivity contribution in [1.29, 1.82) is 0 Å². The van der Waals surface area contributed by atoms with Crippen LogP contribution in [0.4, 0.5) is 5.69 Å². The molecular formula is C13H18N2O2. The maximum Gasteiger partial charge on any atom is 0.244 e. The number of amides is 1. The van der Waals surface area contributed by atoms with Crippen LogP contribution in [-0.2, 0) is 4.79 Å². The number of likely N-dealkylation sites (N-methyl/N-ethyl adjacent to an activating group) is 1. The van der Waals surface area contributed by atoms with E-state index in [4.69, 9.17) is 0 Å². The Morgan fingerprint density at radius 3 is 2.41 bits per heavy atom. The second kappa shape index (κ2) is 5.10. The van der Waals surface area contributed by atoms with Crippen LogP contribution < -0.4 is 10.6 Å². The number of rotatable bonds is 4. The summed E-state index contributed by atoms with van der Waals surface area (Å²) in [4.78, 5) is 23.1. The summed E-state index contributed by atoms with van der Waals surface area (Å²) in [5.41, 5.74) is 0.572. The van der Waals surface area contributed by atoms with Crippen LogP contribution in [0.1, 0.15) is 31.1 Å². The van der Waals surface area contributed by atoms with Gasteiger partial charge < -0.3 is 10.6 Å². The Morgan fingerprint density at radius 1 is 1.24 bits per heavy atom. The van der Waals surface area contributed by atoms with E-state index in [-0.39, 0.29) is 11.7 Å². The van der Waals surface area contributed by atoms with E-state index in [0.29, 0.717) is 11.3 Å². The monoisotopic (exact) mass is 234 g/mol. The number of benzene rings is 1. The van der Waals surface area contributed by atoms with Crippen molar-refractivity contribution < 1.29 is 9.59 Å². The normalized spacial score (nSPS) is 11.1. The molecular weight excluding hydrogens is 216 g/mol. The molecule has 0 radical (unpaired) electrons. The minimum atomic E-state index is -0.647. The molecule has 0 unspecified atom stereocenters. The summed E-state index contributed by atoms with van der Waals surface area (Å²) in [6.45, 7) is 5.08. The fraction of sp³-hybridized carbons (Fsp3) is 0.385. The third-order valence-corrected chi connectivity index (χ3v) is 2.72. The maximum atomic E-state index is 11.9. The molecule has 0 aliphatic carbocycles. The number of hydrogen-bond acceptors (Lipinski definition) is 3. The van der Waals surface area contributed by atoms with E-state index in [1.54, 1.807) is 45.2 Å². The van der Waals surface area contributed by atoms with Gasteiger partial charge in [-0.3, -0.25) is 9.59 Å². The van der Waals surface area contributed by atoms with Crippen LogP contribution in [0.3, 0.4) is 0 Å². The van der Waals surface area contributed by atoms with E-state index in [1.807, 2.05) is 0 Å². The molecule has 0 aliphatic heterocycles. The molecule has 0 saturated carbocycles. The summed E-state index contributed by atoms with van der Waals surface area (Å²) in [7, 11) is 1.73. The lowest BCUT2D eigenvalue weighted by Gasteiger charge is -2.22. The molecule has 0 fully saturated rings. The Labute approximate surface area is 101 Å². The highest BCUT2D eigenvalue weighted by Crippen LogP contribution is 2.13. The summed E-state index contributed by atoms with van der Waals surface area (Å²) in [6.07, 6.45) is 0. The van der Waals surface area contributed by atoms with Crippen molar-refractivity contribution >= 4 is 17.4 Å². The fourth-order valence-electron chi connectivity index (χ4n) is 1.22. The second-order valence-corrected chi connectivity index (χ2v) is 4.47. The Morgan fingerprint density at radius 2 is 1.88 bits per heavy atom. The quantitative estimate of drug-likeness (QED) is 0.781. The number of Topliss-reactive ketones (excluding diaryl/α,β-unsaturated/α-hetero) is 1. The smallest absolute Gasteiger partial charge is 0.244 e. The minimum absolute atomic E-state index is 0.0195. The van der Waals surface area contributed by atoms with Gasteiger partial charge in [0.1, 0.15) is 0 Å². The second-order valence-electron chi connectivity index (χ2n) is 4.47. The van der Waals surface area contributed by atoms with E-state index >= 15 is 0 Å². The highest BCUT2D eigenvalue weighted by atomic mass is 16.2. The lowest BCUT2D eigenvalue weighted by Crippen LogP contribution is -2.47. The molecule has 2 N–H and O–H groups in total. The van der Waals surface area contributed by atoms with Crippen molar-refractivity contribution in [1.82, 2.24) is 5.32 Å². The van der Waals surface area contributed by atoms with Gasteiger partial charge in [0, 0.05) is 11.3 Å². The standard InChI is InChI=1S/C13H18N2O2/c1-9(16)10-6-5-7-11(8-10)15-12(17)13(2,3)14-4/h5-8,14H,1-4H3,(H,15,17). The maximum absolute atomic E-state index is 11.9. The molecule has 1 aromatic carbocycles. The molecule has 92 valence electrons. The zero-order chi connectivity index (χ0) is 13.1. The Hall–Kier alpha value is -1.68. The summed E-state index contributed by atoms with van der Waals surface area (Å²) in [5.74, 6) is -0.158. The van der Waals surface area contributed by atoms with Crippen molar-refractivity contribution in [3.63, 3.8) is 0 Å². The molecule has 0 aliphatic rings. The van der Waals surface area contributed by atoms with Crippen molar-refractivity contribution in [2.75, 3.05) is 12.4 Å². The number of nitrogens with one attached hydrogen (secondary N) is 2. The third kappa shape index (κ3) is 3.39. The number of ketones is 1. The van der Waals surface area contributed by atoms with Gasteiger partial charge in [-0.25, -0.2) is 0 Å². The van der Waals surface area contributed by atoms with Gasteiger partial charge in [0.25, 0.3) is 0 Å². The van der Waals surface area contributed by atoms with Crippen LogP contribution in [0.5, 0.6) is 0 Å². The molecule has 0 heterocycles. The number of hydrogen-bond donors (Lipinski definition) is 2. The summed E-state index contributed by atoms with van der Waals surface area (Å²) < 4.78 is 0. The van der Waals surface area contributed by atoms with Crippen LogP contribution in [0.15, 0.2) is 24.3 Å². The molecule has 1 rings (SSSR count). The first-order valence-electron chi connectivity index (χ1n) is 5.48. The molecule has 1 aromatic rings. The topological polar surface area (TPSA) is 58.2 Å². The molecule has 4 nitrogen and oxygen atoms in total. The SMILES string of the molecule is CNC(C)(C)C(=O)Nc1cccc(C(C)=O)c1. The van der Waals surface area contributed by atoms with E-state index in [0.717, 1.165) is 0 Å². The zero-order valence-electron chi connectivity index (χ0n) is 10.6. The molecule has 17 heavy (non-hydrogen) atoms. The molecule has 0 aromatic heterocycles. The first-order valence-corrected chi connectivity index (χ1v) is 5.48. The first-order chi connectivity index (χ1) is 7.86. The van der Waals surface area contributed by atoms with Crippen LogP contribution >= 0.6 is 0 Å². The first kappa shape index (κ1) is 13.4. The van der Waals surface area contributed by atoms with Gasteiger partial charge in [0.2, 0.25) is 5.91 Å². The Balaban J connectivity index is 2.86. The van der Waals surface area contributed by atoms with Gasteiger partial charge in [-0.05, 0) is 40.0 Å². The average Bonchev–Trinajstić information content (AvgIpc) is 2.29. The lowest BCUT2D eigenvalue weighted by molar-refractivity contribution is -0.121. The summed E-state index contributed by atoms with van der Waals surface area (Å²) in [5, 5.41) is 5.69. The molecule has 4 heteroatoms. The number of anilines is 1. The molecule has 0 spiro atoms. The highest BCUT2D eigenvalue weighted by Gasteiger charge is 2.25. The Bertz CT molecular complexity index is 439. The van der Waals surface area contributed by atoms with E-state index in [2.05, 4.69) is 10.6 Å². The van der Waals surface area contributed by atoms with E-state index < -0.39 is 5.54 Å². The molecule has 1 amide bonds. The van der Waals surface area contributed by atoms with Crippen LogP contribution in [-0.4, -0.2) is 24.3 Å². The number of carbonyl (C=O) groups is 2. The highest BCUT2D eigenvalue weighted by molar-refractivity contribution is 5.99. The van der Waals surface area contributed by atoms with Crippen LogP contribution in [0, 0.1) is 0 Å². The van der Waals surface area contributed by atoms with Crippen LogP contribution in [0.25, 0.3) is 0 Å². The predicted octanol–water partition coefficient (Wildman–Crippen LogP) is 1.83. The van der Waals surface area contributed by atoms with E-state index in [1.165, 1.54) is 6.92 Å². The number of carbonyl (C=O) groups excluding carboxylic acids is 2. The zero-order valence-corrected chi connectivity index (χ0v) is 10.6. The lowest BCUT2D eigenvalue weighted by atomic mass is 10.0. The van der Waals surface area contributed by atoms with Crippen molar-refractivity contribution in [3.05, 3.63) is 29.8 Å². The van der Waals surface area contributed by atoms with Crippen molar-refractivity contribution in [2.45, 2.75) is 26.3 Å². The van der Waals surface area contributed by atoms with Gasteiger partial charge in [0.05, 0.1) is 5.54 Å². The minimum Gasteiger partial charge on any atom is -0.324 e. The Kier molecular flexibility index (Phi) is 4.02. The van der Waals surface area contributed by atoms with Gasteiger partial charge in [0.15, 0.2) is 5.78 Å². The average molecular weight is 234 g/mol. The van der Waals surface area contributed by atoms with E-state index in [9.17, 15) is 9.59 Å². The van der Waals surface area contributed by atoms with Gasteiger partial charge in [-0.1, -0.05) is 12.1 Å². The van der Waals surface area contributed by atoms with Crippen LogP contribution in [0.2, 0.25) is 0 Å². The van der Waals surface area contributed by atoms with Gasteiger partial charge >= 0.3 is 0 Å². The molecule has 0 atom stereocenters. The fourth-order valence-corrected chi connectivity index (χ4v) is 1.22. The third-order valence-electron chi connectivity index (χ3n) is 2.72. The van der Waals surface area contributed by atoms with Gasteiger partial charge in [-0.2, -0.15) is 0 Å². The largest absolute Gasteiger partial charge is 0.324 e. The van der Waals surface area contributed by atoms with Gasteiger partial charge in [-0.15, -0.1) is 0 Å². The predicted molar refractivity (Wildman–Crippen MR) is 68.2 cm³/mol. The summed E-state index contributed by atoms with van der Waals surface area (Å²) in [6, 6.07) is 6.90. The summed E-state index contributed by atoms with van der Waals surface area (Å²) >= 11 is 0. The van der Waals surface area contributed by atoms with Crippen molar-refractivity contribution in [3.8, 4) is 0 Å². The molecule has 0 saturated heterocycles.